The SMILES string of the molecule is CCOP(=O)(OCC)C1SCC(Cn2cnc3c(Cl)nc(N)nc32)S1. The molecule has 2 aromatic rings. The molecule has 2 N–H and O–H groups in total. The molecular formula is C13H19ClN5O3PS2. The molecule has 0 aliphatic carbocycles. The van der Waals surface area contributed by atoms with E-state index in [2.05, 4.69) is 15.0 Å². The van der Waals surface area contributed by atoms with Crippen LogP contribution in [0.25, 0.3) is 11.2 Å². The van der Waals surface area contributed by atoms with E-state index in [1.807, 2.05) is 18.4 Å². The largest absolute Gasteiger partial charge is 0.368 e. The number of halogens is 1. The Hall–Kier alpha value is -0.510. The Labute approximate surface area is 159 Å². The first kappa shape index (κ1) is 19.3. The summed E-state index contributed by atoms with van der Waals surface area (Å²) < 4.78 is 25.5. The third kappa shape index (κ3) is 4.09. The molecule has 1 aliphatic rings. The Morgan fingerprint density at radius 3 is 2.80 bits per heavy atom. The predicted molar refractivity (Wildman–Crippen MR) is 103 cm³/mol. The number of anilines is 1. The van der Waals surface area contributed by atoms with Crippen LogP contribution >= 0.6 is 42.7 Å². The summed E-state index contributed by atoms with van der Waals surface area (Å²) in [6.07, 6.45) is 1.67. The van der Waals surface area contributed by atoms with E-state index in [0.717, 1.165) is 5.75 Å². The molecule has 12 heteroatoms. The molecule has 1 fully saturated rings. The summed E-state index contributed by atoms with van der Waals surface area (Å²) in [5.74, 6) is 0.941. The Bertz CT molecular complexity index is 797. The molecule has 0 bridgehead atoms. The van der Waals surface area contributed by atoms with Gasteiger partial charge in [0.15, 0.2) is 15.1 Å². The van der Waals surface area contributed by atoms with Gasteiger partial charge in [-0.15, -0.1) is 23.5 Å². The fourth-order valence-corrected chi connectivity index (χ4v) is 9.21. The van der Waals surface area contributed by atoms with Crippen molar-refractivity contribution in [1.82, 2.24) is 19.5 Å². The van der Waals surface area contributed by atoms with E-state index >= 15 is 0 Å². The van der Waals surface area contributed by atoms with Crippen LogP contribution in [0.1, 0.15) is 13.8 Å². The van der Waals surface area contributed by atoms with Crippen LogP contribution < -0.4 is 5.73 Å². The first-order valence-electron chi connectivity index (χ1n) is 7.76. The van der Waals surface area contributed by atoms with Gasteiger partial charge in [-0.1, -0.05) is 11.6 Å². The van der Waals surface area contributed by atoms with Crippen molar-refractivity contribution < 1.29 is 13.6 Å². The maximum atomic E-state index is 12.9. The van der Waals surface area contributed by atoms with Crippen molar-refractivity contribution in [3.8, 4) is 0 Å². The molecule has 0 aromatic carbocycles. The fraction of sp³-hybridized carbons (Fsp3) is 0.615. The number of hydrogen-bond acceptors (Lipinski definition) is 9. The standard InChI is InChI=1S/C13H19ClN5O3PS2/c1-3-21-23(20,22-4-2)13-24-6-8(25-13)5-19-7-16-9-10(14)17-12(15)18-11(9)19/h7-8,13H,3-6H2,1-2H3,(H2,15,17,18). The van der Waals surface area contributed by atoms with E-state index in [4.69, 9.17) is 26.4 Å². The average molecular weight is 424 g/mol. The molecule has 3 rings (SSSR count). The van der Waals surface area contributed by atoms with E-state index in [0.29, 0.717) is 30.9 Å². The lowest BCUT2D eigenvalue weighted by Gasteiger charge is -2.21. The van der Waals surface area contributed by atoms with Crippen molar-refractivity contribution in [2.24, 2.45) is 0 Å². The van der Waals surface area contributed by atoms with E-state index in [-0.39, 0.29) is 20.7 Å². The highest BCUT2D eigenvalue weighted by Crippen LogP contribution is 2.65. The summed E-state index contributed by atoms with van der Waals surface area (Å²) in [6.45, 7) is 5.01. The number of rotatable bonds is 7. The lowest BCUT2D eigenvalue weighted by atomic mass is 10.4. The van der Waals surface area contributed by atoms with Gasteiger partial charge in [-0.25, -0.2) is 4.98 Å². The van der Waals surface area contributed by atoms with Gasteiger partial charge in [0.25, 0.3) is 0 Å². The molecule has 1 saturated heterocycles. The molecule has 0 saturated carbocycles. The Kier molecular flexibility index (Phi) is 6.18. The molecule has 3 heterocycles. The van der Waals surface area contributed by atoms with Crippen molar-refractivity contribution in [1.29, 1.82) is 0 Å². The minimum atomic E-state index is -3.12. The van der Waals surface area contributed by atoms with E-state index in [1.165, 1.54) is 0 Å². The van der Waals surface area contributed by atoms with E-state index < -0.39 is 7.60 Å². The first-order valence-corrected chi connectivity index (χ1v) is 11.7. The Balaban J connectivity index is 1.74. The van der Waals surface area contributed by atoms with Crippen LogP contribution in [0, 0.1) is 0 Å². The summed E-state index contributed by atoms with van der Waals surface area (Å²) in [6, 6.07) is 0. The van der Waals surface area contributed by atoms with Gasteiger partial charge < -0.3 is 19.3 Å². The summed E-state index contributed by atoms with van der Waals surface area (Å²) in [5, 5.41) is 0.460. The molecule has 25 heavy (non-hydrogen) atoms. The lowest BCUT2D eigenvalue weighted by Crippen LogP contribution is -2.13. The second kappa shape index (κ2) is 8.02. The second-order valence-corrected chi connectivity index (χ2v) is 11.2. The smallest absolute Gasteiger partial charge is 0.353 e. The molecule has 138 valence electrons. The molecule has 0 radical (unpaired) electrons. The number of aromatic nitrogens is 4. The molecule has 2 atom stereocenters. The van der Waals surface area contributed by atoms with Crippen LogP contribution in [0.4, 0.5) is 5.95 Å². The minimum absolute atomic E-state index is 0.114. The lowest BCUT2D eigenvalue weighted by molar-refractivity contribution is 0.222. The fourth-order valence-electron chi connectivity index (χ4n) is 2.49. The second-order valence-electron chi connectivity index (χ2n) is 5.22. The maximum absolute atomic E-state index is 12.9. The monoisotopic (exact) mass is 423 g/mol. The zero-order valence-electron chi connectivity index (χ0n) is 13.8. The number of nitrogens with two attached hydrogens (primary N) is 1. The van der Waals surface area contributed by atoms with Gasteiger partial charge in [0.2, 0.25) is 5.95 Å². The number of thioether (sulfide) groups is 2. The third-order valence-electron chi connectivity index (χ3n) is 3.45. The van der Waals surface area contributed by atoms with Gasteiger partial charge in [-0.2, -0.15) is 9.97 Å². The highest BCUT2D eigenvalue weighted by Gasteiger charge is 2.42. The van der Waals surface area contributed by atoms with Crippen molar-refractivity contribution in [3.05, 3.63) is 11.5 Å². The van der Waals surface area contributed by atoms with Crippen molar-refractivity contribution >= 4 is 59.8 Å². The number of nitrogen functional groups attached to an aromatic ring is 1. The van der Waals surface area contributed by atoms with Crippen LogP contribution in [0.3, 0.4) is 0 Å². The average Bonchev–Trinajstić information content (AvgIpc) is 3.16. The van der Waals surface area contributed by atoms with Crippen LogP contribution in [0.2, 0.25) is 5.15 Å². The van der Waals surface area contributed by atoms with Gasteiger partial charge in [0, 0.05) is 17.5 Å². The molecule has 0 spiro atoms. The molecular weight excluding hydrogens is 405 g/mol. The quantitative estimate of drug-likeness (QED) is 0.529. The highest BCUT2D eigenvalue weighted by atomic mass is 35.5. The first-order chi connectivity index (χ1) is 12.0. The summed E-state index contributed by atoms with van der Waals surface area (Å²) in [7, 11) is -3.12. The van der Waals surface area contributed by atoms with Gasteiger partial charge in [-0.3, -0.25) is 4.57 Å². The van der Waals surface area contributed by atoms with Gasteiger partial charge in [0.1, 0.15) is 5.52 Å². The molecule has 1 aliphatic heterocycles. The summed E-state index contributed by atoms with van der Waals surface area (Å²) >= 11 is 9.27. The maximum Gasteiger partial charge on any atom is 0.353 e. The van der Waals surface area contributed by atoms with Crippen LogP contribution in [-0.4, -0.2) is 48.1 Å². The van der Waals surface area contributed by atoms with Crippen molar-refractivity contribution in [2.45, 2.75) is 30.0 Å². The molecule has 8 nitrogen and oxygen atoms in total. The zero-order valence-corrected chi connectivity index (χ0v) is 17.1. The highest BCUT2D eigenvalue weighted by molar-refractivity contribution is 8.26. The molecule has 0 amide bonds. The van der Waals surface area contributed by atoms with Crippen LogP contribution in [0.5, 0.6) is 0 Å². The zero-order chi connectivity index (χ0) is 18.0. The molecule has 2 aromatic heterocycles. The third-order valence-corrected chi connectivity index (χ3v) is 10.6. The minimum Gasteiger partial charge on any atom is -0.368 e. The number of nitrogens with zero attached hydrogens (tertiary/aromatic N) is 4. The van der Waals surface area contributed by atoms with E-state index in [1.54, 1.807) is 29.9 Å². The van der Waals surface area contributed by atoms with Crippen LogP contribution in [-0.2, 0) is 20.2 Å². The number of fused-ring (bicyclic) bond motifs is 1. The van der Waals surface area contributed by atoms with Crippen molar-refractivity contribution in [3.63, 3.8) is 0 Å². The van der Waals surface area contributed by atoms with Gasteiger partial charge in [-0.05, 0) is 13.8 Å². The summed E-state index contributed by atoms with van der Waals surface area (Å²) in [4.78, 5) is 12.4. The Morgan fingerprint density at radius 2 is 2.12 bits per heavy atom. The topological polar surface area (TPSA) is 105 Å². The van der Waals surface area contributed by atoms with E-state index in [9.17, 15) is 4.57 Å². The normalized spacial score (nSPS) is 21.2. The van der Waals surface area contributed by atoms with Gasteiger partial charge >= 0.3 is 7.60 Å². The number of hydrogen-bond donors (Lipinski definition) is 1. The Morgan fingerprint density at radius 1 is 1.40 bits per heavy atom. The number of imidazole rings is 1. The van der Waals surface area contributed by atoms with Crippen LogP contribution in [0.15, 0.2) is 6.33 Å². The van der Waals surface area contributed by atoms with Crippen molar-refractivity contribution in [2.75, 3.05) is 24.7 Å². The molecule has 2 unspecified atom stereocenters. The van der Waals surface area contributed by atoms with Gasteiger partial charge in [0.05, 0.1) is 19.5 Å². The predicted octanol–water partition coefficient (Wildman–Crippen LogP) is 3.46. The summed E-state index contributed by atoms with van der Waals surface area (Å²) in [5.41, 5.74) is 6.81.